The fourth-order valence-corrected chi connectivity index (χ4v) is 3.97. The SMILES string of the molecule is CC1(C)NC(=O)N(CCCC(=O)Nc2ncc(Cc3cccc(C(F)(F)F)c3)s2)C1=O. The van der Waals surface area contributed by atoms with Crippen LogP contribution in [-0.4, -0.2) is 39.8 Å². The largest absolute Gasteiger partial charge is 0.416 e. The number of halogens is 3. The van der Waals surface area contributed by atoms with Crippen LogP contribution in [0.25, 0.3) is 0 Å². The van der Waals surface area contributed by atoms with Gasteiger partial charge in [-0.2, -0.15) is 13.2 Å². The number of rotatable bonds is 7. The van der Waals surface area contributed by atoms with Gasteiger partial charge >= 0.3 is 12.2 Å². The summed E-state index contributed by atoms with van der Waals surface area (Å²) in [6.45, 7) is 3.35. The summed E-state index contributed by atoms with van der Waals surface area (Å²) in [6, 6.07) is 4.59. The molecular formula is C20H21F3N4O3S. The average Bonchev–Trinajstić information content (AvgIpc) is 3.17. The van der Waals surface area contributed by atoms with Crippen LogP contribution in [0.2, 0.25) is 0 Å². The number of imide groups is 1. The number of aromatic nitrogens is 1. The first kappa shape index (κ1) is 22.7. The maximum atomic E-state index is 12.8. The molecule has 0 bridgehead atoms. The van der Waals surface area contributed by atoms with Crippen LogP contribution in [0.15, 0.2) is 30.5 Å². The number of alkyl halides is 3. The zero-order chi connectivity index (χ0) is 22.8. The Kier molecular flexibility index (Phi) is 6.35. The summed E-state index contributed by atoms with van der Waals surface area (Å²) in [5.74, 6) is -0.664. The van der Waals surface area contributed by atoms with Crippen LogP contribution in [0.5, 0.6) is 0 Å². The molecule has 2 heterocycles. The van der Waals surface area contributed by atoms with Crippen molar-refractivity contribution >= 4 is 34.3 Å². The Labute approximate surface area is 180 Å². The van der Waals surface area contributed by atoms with Crippen molar-refractivity contribution in [2.75, 3.05) is 11.9 Å². The molecule has 1 aromatic carbocycles. The molecule has 0 saturated carbocycles. The van der Waals surface area contributed by atoms with Gasteiger partial charge in [-0.25, -0.2) is 9.78 Å². The monoisotopic (exact) mass is 454 g/mol. The normalized spacial score (nSPS) is 15.8. The van der Waals surface area contributed by atoms with Gasteiger partial charge in [-0.1, -0.05) is 18.2 Å². The van der Waals surface area contributed by atoms with Crippen molar-refractivity contribution in [3.8, 4) is 0 Å². The molecule has 0 aliphatic carbocycles. The van der Waals surface area contributed by atoms with E-state index in [1.54, 1.807) is 19.9 Å². The first-order valence-corrected chi connectivity index (χ1v) is 10.3. The number of benzene rings is 1. The fraction of sp³-hybridized carbons (Fsp3) is 0.400. The highest BCUT2D eigenvalue weighted by molar-refractivity contribution is 7.15. The quantitative estimate of drug-likeness (QED) is 0.623. The lowest BCUT2D eigenvalue weighted by Crippen LogP contribution is -2.40. The number of urea groups is 1. The molecule has 0 radical (unpaired) electrons. The molecule has 31 heavy (non-hydrogen) atoms. The molecular weight excluding hydrogens is 433 g/mol. The molecule has 0 atom stereocenters. The van der Waals surface area contributed by atoms with E-state index in [2.05, 4.69) is 15.6 Å². The number of thiazole rings is 1. The molecule has 1 aliphatic heterocycles. The highest BCUT2D eigenvalue weighted by Gasteiger charge is 2.43. The number of nitrogens with one attached hydrogen (secondary N) is 2. The van der Waals surface area contributed by atoms with Gasteiger partial charge in [0.05, 0.1) is 5.56 Å². The highest BCUT2D eigenvalue weighted by atomic mass is 32.1. The van der Waals surface area contributed by atoms with E-state index < -0.39 is 23.3 Å². The second kappa shape index (κ2) is 8.66. The zero-order valence-electron chi connectivity index (χ0n) is 16.9. The minimum Gasteiger partial charge on any atom is -0.324 e. The summed E-state index contributed by atoms with van der Waals surface area (Å²) in [7, 11) is 0. The number of amides is 4. The van der Waals surface area contributed by atoms with E-state index in [9.17, 15) is 27.6 Å². The summed E-state index contributed by atoms with van der Waals surface area (Å²) in [5, 5.41) is 5.54. The van der Waals surface area contributed by atoms with Gasteiger partial charge in [0.25, 0.3) is 5.91 Å². The lowest BCUT2D eigenvalue weighted by atomic mass is 10.1. The van der Waals surface area contributed by atoms with Crippen molar-refractivity contribution in [1.82, 2.24) is 15.2 Å². The van der Waals surface area contributed by atoms with E-state index in [4.69, 9.17) is 0 Å². The third-order valence-electron chi connectivity index (χ3n) is 4.66. The Morgan fingerprint density at radius 1 is 1.29 bits per heavy atom. The molecule has 2 aromatic rings. The van der Waals surface area contributed by atoms with Gasteiger partial charge < -0.3 is 10.6 Å². The molecule has 0 spiro atoms. The second-order valence-electron chi connectivity index (χ2n) is 7.67. The van der Waals surface area contributed by atoms with Crippen LogP contribution in [0, 0.1) is 0 Å². The molecule has 2 N–H and O–H groups in total. The molecule has 1 aromatic heterocycles. The number of anilines is 1. The molecule has 7 nitrogen and oxygen atoms in total. The second-order valence-corrected chi connectivity index (χ2v) is 8.79. The van der Waals surface area contributed by atoms with Crippen molar-refractivity contribution in [2.24, 2.45) is 0 Å². The Bertz CT molecular complexity index is 1000. The molecule has 3 rings (SSSR count). The smallest absolute Gasteiger partial charge is 0.324 e. The van der Waals surface area contributed by atoms with E-state index >= 15 is 0 Å². The maximum absolute atomic E-state index is 12.8. The van der Waals surface area contributed by atoms with Crippen molar-refractivity contribution in [1.29, 1.82) is 0 Å². The van der Waals surface area contributed by atoms with Crippen molar-refractivity contribution in [3.63, 3.8) is 0 Å². The Balaban J connectivity index is 1.49. The number of hydrogen-bond donors (Lipinski definition) is 2. The zero-order valence-corrected chi connectivity index (χ0v) is 17.7. The van der Waals surface area contributed by atoms with Gasteiger partial charge in [-0.3, -0.25) is 14.5 Å². The van der Waals surface area contributed by atoms with E-state index in [0.29, 0.717) is 22.0 Å². The van der Waals surface area contributed by atoms with Gasteiger partial charge in [0.2, 0.25) is 5.91 Å². The minimum absolute atomic E-state index is 0.0834. The number of carbonyl (C=O) groups is 3. The van der Waals surface area contributed by atoms with Crippen molar-refractivity contribution in [3.05, 3.63) is 46.5 Å². The highest BCUT2D eigenvalue weighted by Crippen LogP contribution is 2.30. The van der Waals surface area contributed by atoms with Crippen LogP contribution >= 0.6 is 11.3 Å². The van der Waals surface area contributed by atoms with Crippen LogP contribution in [0.1, 0.15) is 42.7 Å². The van der Waals surface area contributed by atoms with Crippen molar-refractivity contribution < 1.29 is 27.6 Å². The summed E-state index contributed by atoms with van der Waals surface area (Å²) < 4.78 is 38.5. The minimum atomic E-state index is -4.40. The van der Waals surface area contributed by atoms with Crippen molar-refractivity contribution in [2.45, 2.75) is 44.8 Å². The number of carbonyl (C=O) groups excluding carboxylic acids is 3. The van der Waals surface area contributed by atoms with Crippen LogP contribution in [0.3, 0.4) is 0 Å². The molecule has 1 saturated heterocycles. The first-order chi connectivity index (χ1) is 14.5. The van der Waals surface area contributed by atoms with Gasteiger partial charge in [0.15, 0.2) is 5.13 Å². The molecule has 0 unspecified atom stereocenters. The van der Waals surface area contributed by atoms with E-state index in [1.807, 2.05) is 0 Å². The van der Waals surface area contributed by atoms with Gasteiger partial charge in [0.1, 0.15) is 5.54 Å². The molecule has 1 aliphatic rings. The van der Waals surface area contributed by atoms with E-state index in [0.717, 1.165) is 17.0 Å². The fourth-order valence-electron chi connectivity index (χ4n) is 3.11. The topological polar surface area (TPSA) is 91.4 Å². The summed E-state index contributed by atoms with van der Waals surface area (Å²) >= 11 is 1.18. The predicted octanol–water partition coefficient (Wildman–Crippen LogP) is 3.80. The maximum Gasteiger partial charge on any atom is 0.416 e. The number of nitrogens with zero attached hydrogens (tertiary/aromatic N) is 2. The Hall–Kier alpha value is -2.95. The van der Waals surface area contributed by atoms with Crippen LogP contribution in [0.4, 0.5) is 23.1 Å². The van der Waals surface area contributed by atoms with Gasteiger partial charge in [-0.15, -0.1) is 11.3 Å². The molecule has 11 heteroatoms. The standard InChI is InChI=1S/C20H21F3N4O3S/c1-19(2)16(29)27(18(30)26-19)8-4-7-15(28)25-17-24-11-14(31-17)10-12-5-3-6-13(9-12)20(21,22)23/h3,5-6,9,11H,4,7-8,10H2,1-2H3,(H,26,30)(H,24,25,28). The lowest BCUT2D eigenvalue weighted by Gasteiger charge is -2.15. The van der Waals surface area contributed by atoms with Crippen LogP contribution in [-0.2, 0) is 22.2 Å². The summed E-state index contributed by atoms with van der Waals surface area (Å²) in [5.41, 5.74) is -1.17. The van der Waals surface area contributed by atoms with E-state index in [-0.39, 0.29) is 31.2 Å². The third-order valence-corrected chi connectivity index (χ3v) is 5.58. The summed E-state index contributed by atoms with van der Waals surface area (Å²) in [6.07, 6.45) is -2.25. The molecule has 4 amide bonds. The molecule has 1 fully saturated rings. The van der Waals surface area contributed by atoms with Gasteiger partial charge in [-0.05, 0) is 31.9 Å². The summed E-state index contributed by atoms with van der Waals surface area (Å²) in [4.78, 5) is 41.9. The Morgan fingerprint density at radius 3 is 2.68 bits per heavy atom. The van der Waals surface area contributed by atoms with E-state index in [1.165, 1.54) is 23.6 Å². The predicted molar refractivity (Wildman–Crippen MR) is 109 cm³/mol. The van der Waals surface area contributed by atoms with Gasteiger partial charge in [0, 0.05) is 30.5 Å². The first-order valence-electron chi connectivity index (χ1n) is 9.50. The Morgan fingerprint density at radius 2 is 2.03 bits per heavy atom. The third kappa shape index (κ3) is 5.60. The molecule has 166 valence electrons. The number of hydrogen-bond acceptors (Lipinski definition) is 5. The lowest BCUT2D eigenvalue weighted by molar-refractivity contribution is -0.137. The average molecular weight is 454 g/mol. The van der Waals surface area contributed by atoms with Crippen LogP contribution < -0.4 is 10.6 Å².